The van der Waals surface area contributed by atoms with E-state index in [-0.39, 0.29) is 61.8 Å². The SMILES string of the molecule is NC1NC(=O)C2=C(NCC(CNC3CCC(C(=O)NCCCC(=O)NCC(=O)NCC(=O)NCC(=O)NCC(=O)NCC=O)CC3)N2)N1. The Hall–Kier alpha value is -4.98. The number of aldehydes is 1. The van der Waals surface area contributed by atoms with Gasteiger partial charge in [-0.3, -0.25) is 39.3 Å². The van der Waals surface area contributed by atoms with Crippen LogP contribution in [0, 0.1) is 5.92 Å². The van der Waals surface area contributed by atoms with Crippen LogP contribution in [0.4, 0.5) is 0 Å². The molecule has 48 heavy (non-hydrogen) atoms. The molecule has 2 atom stereocenters. The van der Waals surface area contributed by atoms with Crippen molar-refractivity contribution in [1.29, 1.82) is 0 Å². The molecule has 0 saturated heterocycles. The molecule has 1 aliphatic carbocycles. The first-order chi connectivity index (χ1) is 23.0. The van der Waals surface area contributed by atoms with Gasteiger partial charge in [0.05, 0.1) is 38.8 Å². The van der Waals surface area contributed by atoms with Gasteiger partial charge in [0.15, 0.2) is 6.29 Å². The van der Waals surface area contributed by atoms with E-state index in [1.54, 1.807) is 0 Å². The summed E-state index contributed by atoms with van der Waals surface area (Å²) in [5.41, 5.74) is 6.17. The molecule has 2 aliphatic heterocycles. The summed E-state index contributed by atoms with van der Waals surface area (Å²) >= 11 is 0. The quantitative estimate of drug-likeness (QED) is 0.0475. The van der Waals surface area contributed by atoms with Crippen molar-refractivity contribution in [2.45, 2.75) is 56.9 Å². The number of amides is 7. The molecule has 20 nitrogen and oxygen atoms in total. The zero-order valence-corrected chi connectivity index (χ0v) is 26.6. The molecule has 2 unspecified atom stereocenters. The van der Waals surface area contributed by atoms with E-state index < -0.39 is 43.0 Å². The molecule has 1 saturated carbocycles. The molecule has 1 fully saturated rings. The predicted molar refractivity (Wildman–Crippen MR) is 168 cm³/mol. The summed E-state index contributed by atoms with van der Waals surface area (Å²) in [6.45, 7) is -0.130. The topological polar surface area (TPSA) is 295 Å². The Balaban J connectivity index is 1.17. The zero-order valence-electron chi connectivity index (χ0n) is 26.6. The molecule has 13 N–H and O–H groups in total. The monoisotopic (exact) mass is 678 g/mol. The minimum absolute atomic E-state index is 0.0158. The highest BCUT2D eigenvalue weighted by Crippen LogP contribution is 2.24. The lowest BCUT2D eigenvalue weighted by Crippen LogP contribution is -2.64. The molecule has 3 aliphatic rings. The molecule has 20 heteroatoms. The number of carbonyl (C=O) groups excluding carboxylic acids is 8. The Morgan fingerprint density at radius 2 is 1.33 bits per heavy atom. The lowest BCUT2D eigenvalue weighted by Gasteiger charge is -2.36. The van der Waals surface area contributed by atoms with E-state index >= 15 is 0 Å². The summed E-state index contributed by atoms with van der Waals surface area (Å²) in [6, 6.07) is 0.281. The van der Waals surface area contributed by atoms with Crippen molar-refractivity contribution in [2.24, 2.45) is 11.7 Å². The number of hydrogen-bond donors (Lipinski definition) is 12. The first kappa shape index (κ1) is 37.5. The smallest absolute Gasteiger partial charge is 0.273 e. The second kappa shape index (κ2) is 19.6. The maximum absolute atomic E-state index is 12.6. The molecule has 2 heterocycles. The lowest BCUT2D eigenvalue weighted by molar-refractivity contribution is -0.129. The van der Waals surface area contributed by atoms with Crippen LogP contribution >= 0.6 is 0 Å². The van der Waals surface area contributed by atoms with E-state index in [2.05, 4.69) is 58.5 Å². The Labute approximate surface area is 277 Å². The standard InChI is InChI=1S/C28H46N12O8/c29-28-39-25-24(27(48)40-28)38-18(11-37-25)10-32-17-5-3-16(4-6-17)26(47)31-7-1-2-19(42)33-13-21(44)35-15-23(46)36-14-22(45)34-12-20(43)30-8-9-41/h9,16-18,28,32,37-39H,1-8,10-15,29H2,(H,30,43)(H,31,47)(H,33,42)(H,34,45)(H,35,44)(H,36,46)(H,40,48). The highest BCUT2D eigenvalue weighted by atomic mass is 16.2. The Morgan fingerprint density at radius 1 is 0.750 bits per heavy atom. The fraction of sp³-hybridized carbons (Fsp3) is 0.643. The molecular weight excluding hydrogens is 632 g/mol. The number of hydrogen-bond acceptors (Lipinski definition) is 13. The molecule has 0 aromatic heterocycles. The van der Waals surface area contributed by atoms with E-state index in [9.17, 15) is 38.4 Å². The van der Waals surface area contributed by atoms with Gasteiger partial charge in [0.2, 0.25) is 35.4 Å². The van der Waals surface area contributed by atoms with Gasteiger partial charge in [0, 0.05) is 38.0 Å². The van der Waals surface area contributed by atoms with Gasteiger partial charge in [-0.05, 0) is 32.1 Å². The van der Waals surface area contributed by atoms with Gasteiger partial charge in [-0.1, -0.05) is 0 Å². The Morgan fingerprint density at radius 3 is 1.94 bits per heavy atom. The Kier molecular flexibility index (Phi) is 15.3. The fourth-order valence-corrected chi connectivity index (χ4v) is 5.15. The van der Waals surface area contributed by atoms with Crippen molar-refractivity contribution in [3.05, 3.63) is 11.5 Å². The van der Waals surface area contributed by atoms with E-state index in [1.807, 2.05) is 0 Å². The molecule has 0 radical (unpaired) electrons. The summed E-state index contributed by atoms with van der Waals surface area (Å²) < 4.78 is 0. The van der Waals surface area contributed by atoms with Crippen LogP contribution in [0.5, 0.6) is 0 Å². The van der Waals surface area contributed by atoms with E-state index in [0.29, 0.717) is 43.9 Å². The predicted octanol–water partition coefficient (Wildman–Crippen LogP) is -6.50. The maximum atomic E-state index is 12.6. The summed E-state index contributed by atoms with van der Waals surface area (Å²) in [4.78, 5) is 93.7. The third-order valence-corrected chi connectivity index (χ3v) is 7.73. The van der Waals surface area contributed by atoms with Crippen LogP contribution in [0.15, 0.2) is 11.5 Å². The van der Waals surface area contributed by atoms with Crippen molar-refractivity contribution in [3.8, 4) is 0 Å². The fourth-order valence-electron chi connectivity index (χ4n) is 5.15. The molecule has 266 valence electrons. The van der Waals surface area contributed by atoms with Gasteiger partial charge in [-0.15, -0.1) is 0 Å². The minimum Gasteiger partial charge on any atom is -0.372 e. The first-order valence-corrected chi connectivity index (χ1v) is 15.9. The van der Waals surface area contributed by atoms with Gasteiger partial charge < -0.3 is 63.3 Å². The average Bonchev–Trinajstić information content (AvgIpc) is 3.08. The van der Waals surface area contributed by atoms with Crippen molar-refractivity contribution in [3.63, 3.8) is 0 Å². The van der Waals surface area contributed by atoms with Crippen molar-refractivity contribution in [1.82, 2.24) is 58.5 Å². The van der Waals surface area contributed by atoms with E-state index in [4.69, 9.17) is 5.73 Å². The summed E-state index contributed by atoms with van der Waals surface area (Å²) in [5, 5.41) is 29.9. The normalized spacial score (nSPS) is 21.4. The van der Waals surface area contributed by atoms with Crippen LogP contribution in [0.2, 0.25) is 0 Å². The molecule has 3 rings (SSSR count). The van der Waals surface area contributed by atoms with Gasteiger partial charge in [-0.25, -0.2) is 0 Å². The van der Waals surface area contributed by atoms with Crippen molar-refractivity contribution < 1.29 is 38.4 Å². The molecule has 0 aromatic rings. The highest BCUT2D eigenvalue weighted by Gasteiger charge is 2.31. The summed E-state index contributed by atoms with van der Waals surface area (Å²) in [7, 11) is 0. The zero-order chi connectivity index (χ0) is 34.9. The van der Waals surface area contributed by atoms with Gasteiger partial charge in [-0.2, -0.15) is 0 Å². The largest absolute Gasteiger partial charge is 0.372 e. The van der Waals surface area contributed by atoms with Crippen LogP contribution in [0.25, 0.3) is 0 Å². The van der Waals surface area contributed by atoms with Crippen molar-refractivity contribution >= 4 is 47.6 Å². The van der Waals surface area contributed by atoms with Crippen LogP contribution in [-0.4, -0.2) is 118 Å². The number of carbonyl (C=O) groups is 8. The maximum Gasteiger partial charge on any atom is 0.273 e. The van der Waals surface area contributed by atoms with Crippen LogP contribution in [0.3, 0.4) is 0 Å². The third-order valence-electron chi connectivity index (χ3n) is 7.73. The third kappa shape index (κ3) is 13.4. The van der Waals surface area contributed by atoms with Crippen LogP contribution < -0.4 is 64.2 Å². The number of nitrogens with two attached hydrogens (primary N) is 1. The molecule has 0 aromatic carbocycles. The summed E-state index contributed by atoms with van der Waals surface area (Å²) in [5.74, 6) is -2.65. The van der Waals surface area contributed by atoms with Gasteiger partial charge in [0.1, 0.15) is 17.8 Å². The van der Waals surface area contributed by atoms with E-state index in [0.717, 1.165) is 25.7 Å². The molecule has 0 bridgehead atoms. The molecule has 7 amide bonds. The van der Waals surface area contributed by atoms with Crippen LogP contribution in [0.1, 0.15) is 38.5 Å². The first-order valence-electron chi connectivity index (χ1n) is 15.9. The van der Waals surface area contributed by atoms with Crippen molar-refractivity contribution in [2.75, 3.05) is 52.4 Å². The second-order valence-electron chi connectivity index (χ2n) is 11.5. The summed E-state index contributed by atoms with van der Waals surface area (Å²) in [6.07, 6.45) is 3.51. The minimum atomic E-state index is -0.651. The molecule has 0 spiro atoms. The number of nitrogens with one attached hydrogen (secondary N) is 11. The van der Waals surface area contributed by atoms with Gasteiger partial charge >= 0.3 is 0 Å². The lowest BCUT2D eigenvalue weighted by atomic mass is 9.85. The number of rotatable bonds is 18. The van der Waals surface area contributed by atoms with Crippen LogP contribution in [-0.2, 0) is 38.4 Å². The Bertz CT molecular complexity index is 1240. The molecular formula is C28H46N12O8. The second-order valence-corrected chi connectivity index (χ2v) is 11.5. The highest BCUT2D eigenvalue weighted by molar-refractivity contribution is 5.94. The average molecular weight is 679 g/mol. The van der Waals surface area contributed by atoms with Gasteiger partial charge in [0.25, 0.3) is 5.91 Å². The van der Waals surface area contributed by atoms with E-state index in [1.165, 1.54) is 0 Å².